The number of aromatic carboxylic acids is 2. The van der Waals surface area contributed by atoms with Crippen LogP contribution in [0.1, 0.15) is 48.4 Å². The van der Waals surface area contributed by atoms with E-state index < -0.39 is 46.3 Å². The van der Waals surface area contributed by atoms with Crippen LogP contribution in [0.5, 0.6) is 0 Å². The second-order valence-corrected chi connectivity index (χ2v) is 2.62. The van der Waals surface area contributed by atoms with E-state index in [1.165, 1.54) is 0 Å². The molecule has 0 radical (unpaired) electrons. The van der Waals surface area contributed by atoms with E-state index >= 15 is 0 Å². The van der Waals surface area contributed by atoms with Gasteiger partial charge >= 0.3 is 11.9 Å². The fourth-order valence-electron chi connectivity index (χ4n) is 1.01. The van der Waals surface area contributed by atoms with Crippen molar-refractivity contribution in [2.45, 2.75) is 27.7 Å². The molecule has 2 N–H and O–H groups in total. The van der Waals surface area contributed by atoms with Gasteiger partial charge < -0.3 is 10.2 Å². The molecule has 0 aliphatic heterocycles. The molecular weight excluding hydrogens is 284 g/mol. The summed E-state index contributed by atoms with van der Waals surface area (Å²) in [5.74, 6) is -13.5. The normalized spacial score (nSPS) is 8.80. The van der Waals surface area contributed by atoms with Gasteiger partial charge in [0.15, 0.2) is 23.3 Å². The standard InChI is InChI=1S/C8H2F4O4.2C2H6/c9-3-1(7(13)14)4(10)6(12)2(5(3)11)8(15)16;2*1-2/h(H,13,14)(H,15,16);2*1-2H3. The van der Waals surface area contributed by atoms with Gasteiger partial charge in [-0.15, -0.1) is 0 Å². The number of hydrogen-bond donors (Lipinski definition) is 2. The molecule has 1 rings (SSSR count). The Morgan fingerprint density at radius 2 is 0.800 bits per heavy atom. The van der Waals surface area contributed by atoms with Crippen LogP contribution in [-0.4, -0.2) is 22.2 Å². The predicted molar refractivity (Wildman–Crippen MR) is 62.9 cm³/mol. The summed E-state index contributed by atoms with van der Waals surface area (Å²) in [5.41, 5.74) is -3.75. The molecule has 0 atom stereocenters. The second kappa shape index (κ2) is 8.89. The van der Waals surface area contributed by atoms with E-state index in [0.29, 0.717) is 0 Å². The average Bonchev–Trinajstić information content (AvgIpc) is 2.41. The number of rotatable bonds is 2. The lowest BCUT2D eigenvalue weighted by atomic mass is 10.1. The minimum atomic E-state index is -2.26. The largest absolute Gasteiger partial charge is 0.477 e. The Hall–Kier alpha value is -2.12. The highest BCUT2D eigenvalue weighted by molar-refractivity contribution is 5.92. The van der Waals surface area contributed by atoms with E-state index in [1.807, 2.05) is 27.7 Å². The van der Waals surface area contributed by atoms with Gasteiger partial charge in [-0.1, -0.05) is 27.7 Å². The third-order valence-corrected chi connectivity index (χ3v) is 1.69. The first-order valence-electron chi connectivity index (χ1n) is 5.61. The summed E-state index contributed by atoms with van der Waals surface area (Å²) < 4.78 is 51.6. The van der Waals surface area contributed by atoms with E-state index in [-0.39, 0.29) is 0 Å². The molecular formula is C12H14F4O4. The lowest BCUT2D eigenvalue weighted by Gasteiger charge is -2.05. The zero-order valence-corrected chi connectivity index (χ0v) is 11.2. The van der Waals surface area contributed by atoms with Crippen molar-refractivity contribution in [3.8, 4) is 0 Å². The van der Waals surface area contributed by atoms with E-state index in [4.69, 9.17) is 10.2 Å². The number of carboxylic acids is 2. The van der Waals surface area contributed by atoms with Crippen LogP contribution in [0.3, 0.4) is 0 Å². The summed E-state index contributed by atoms with van der Waals surface area (Å²) in [7, 11) is 0. The fourth-order valence-corrected chi connectivity index (χ4v) is 1.01. The van der Waals surface area contributed by atoms with Crippen LogP contribution in [0.25, 0.3) is 0 Å². The Bertz CT molecular complexity index is 427. The smallest absolute Gasteiger partial charge is 0.341 e. The van der Waals surface area contributed by atoms with Crippen LogP contribution in [0, 0.1) is 23.3 Å². The van der Waals surface area contributed by atoms with Crippen LogP contribution < -0.4 is 0 Å². The predicted octanol–water partition coefficient (Wildman–Crippen LogP) is 3.69. The van der Waals surface area contributed by atoms with Crippen LogP contribution in [0.2, 0.25) is 0 Å². The lowest BCUT2D eigenvalue weighted by molar-refractivity contribution is 0.0658. The van der Waals surface area contributed by atoms with Gasteiger partial charge in [-0.2, -0.15) is 0 Å². The molecule has 1 aromatic carbocycles. The summed E-state index contributed by atoms with van der Waals surface area (Å²) in [6.45, 7) is 8.00. The SMILES string of the molecule is CC.CC.O=C(O)c1c(F)c(F)c(C(=O)O)c(F)c1F. The minimum absolute atomic E-state index is 1.88. The number of hydrogen-bond acceptors (Lipinski definition) is 2. The van der Waals surface area contributed by atoms with Crippen molar-refractivity contribution in [1.82, 2.24) is 0 Å². The van der Waals surface area contributed by atoms with Gasteiger partial charge in [-0.25, -0.2) is 27.2 Å². The molecule has 0 fully saturated rings. The Balaban J connectivity index is 0. The van der Waals surface area contributed by atoms with Gasteiger partial charge in [0.25, 0.3) is 0 Å². The Labute approximate surface area is 112 Å². The molecule has 0 spiro atoms. The van der Waals surface area contributed by atoms with Crippen LogP contribution in [0.15, 0.2) is 0 Å². The molecule has 0 saturated carbocycles. The van der Waals surface area contributed by atoms with Crippen molar-refractivity contribution in [2.75, 3.05) is 0 Å². The minimum Gasteiger partial charge on any atom is -0.477 e. The summed E-state index contributed by atoms with van der Waals surface area (Å²) in [6.07, 6.45) is 0. The van der Waals surface area contributed by atoms with Crippen molar-refractivity contribution >= 4 is 11.9 Å². The number of halogens is 4. The van der Waals surface area contributed by atoms with E-state index in [0.717, 1.165) is 0 Å². The van der Waals surface area contributed by atoms with Crippen molar-refractivity contribution in [3.05, 3.63) is 34.4 Å². The topological polar surface area (TPSA) is 74.6 Å². The molecule has 0 saturated heterocycles. The summed E-state index contributed by atoms with van der Waals surface area (Å²) >= 11 is 0. The van der Waals surface area contributed by atoms with E-state index in [2.05, 4.69) is 0 Å². The van der Waals surface area contributed by atoms with E-state index in [9.17, 15) is 27.2 Å². The van der Waals surface area contributed by atoms with Gasteiger partial charge in [-0.3, -0.25) is 0 Å². The van der Waals surface area contributed by atoms with Crippen LogP contribution in [0.4, 0.5) is 17.6 Å². The van der Waals surface area contributed by atoms with Gasteiger partial charge in [-0.05, 0) is 0 Å². The highest BCUT2D eigenvalue weighted by Crippen LogP contribution is 2.24. The molecule has 20 heavy (non-hydrogen) atoms. The first-order valence-corrected chi connectivity index (χ1v) is 5.61. The highest BCUT2D eigenvalue weighted by Gasteiger charge is 2.31. The molecule has 1 aromatic rings. The number of carbonyl (C=O) groups is 2. The molecule has 0 heterocycles. The Morgan fingerprint density at radius 1 is 0.650 bits per heavy atom. The molecule has 4 nitrogen and oxygen atoms in total. The van der Waals surface area contributed by atoms with Crippen molar-refractivity contribution in [3.63, 3.8) is 0 Å². The van der Waals surface area contributed by atoms with Crippen molar-refractivity contribution in [1.29, 1.82) is 0 Å². The number of benzene rings is 1. The third kappa shape index (κ3) is 3.94. The maximum Gasteiger partial charge on any atom is 0.341 e. The first-order chi connectivity index (χ1) is 9.29. The third-order valence-electron chi connectivity index (χ3n) is 1.69. The Morgan fingerprint density at radius 3 is 0.900 bits per heavy atom. The molecule has 0 aliphatic carbocycles. The lowest BCUT2D eigenvalue weighted by Crippen LogP contribution is -2.15. The second-order valence-electron chi connectivity index (χ2n) is 2.62. The van der Waals surface area contributed by atoms with Gasteiger partial charge in [0, 0.05) is 0 Å². The highest BCUT2D eigenvalue weighted by atomic mass is 19.2. The summed E-state index contributed by atoms with van der Waals surface area (Å²) in [4.78, 5) is 20.5. The monoisotopic (exact) mass is 298 g/mol. The van der Waals surface area contributed by atoms with Crippen molar-refractivity contribution in [2.24, 2.45) is 0 Å². The Kier molecular flexibility index (Phi) is 8.98. The zero-order chi connectivity index (χ0) is 16.6. The zero-order valence-electron chi connectivity index (χ0n) is 11.2. The molecule has 0 bridgehead atoms. The molecule has 0 unspecified atom stereocenters. The van der Waals surface area contributed by atoms with Crippen molar-refractivity contribution < 1.29 is 37.4 Å². The first kappa shape index (κ1) is 20.2. The molecule has 0 aromatic heterocycles. The number of carboxylic acid groups (broad SMARTS) is 2. The molecule has 0 aliphatic rings. The maximum atomic E-state index is 12.9. The van der Waals surface area contributed by atoms with Crippen LogP contribution >= 0.6 is 0 Å². The fraction of sp³-hybridized carbons (Fsp3) is 0.333. The van der Waals surface area contributed by atoms with Gasteiger partial charge in [0.2, 0.25) is 0 Å². The summed E-state index contributed by atoms with van der Waals surface area (Å²) in [5, 5.41) is 16.5. The molecule has 114 valence electrons. The summed E-state index contributed by atoms with van der Waals surface area (Å²) in [6, 6.07) is 0. The molecule has 0 amide bonds. The van der Waals surface area contributed by atoms with E-state index in [1.54, 1.807) is 0 Å². The quantitative estimate of drug-likeness (QED) is 0.645. The van der Waals surface area contributed by atoms with Crippen LogP contribution in [-0.2, 0) is 0 Å². The maximum absolute atomic E-state index is 12.9. The molecule has 8 heteroatoms. The van der Waals surface area contributed by atoms with Gasteiger partial charge in [0.05, 0.1) is 0 Å². The van der Waals surface area contributed by atoms with Gasteiger partial charge in [0.1, 0.15) is 11.1 Å². The average molecular weight is 298 g/mol.